The van der Waals surface area contributed by atoms with E-state index >= 15 is 0 Å². The molecule has 0 spiro atoms. The summed E-state index contributed by atoms with van der Waals surface area (Å²) >= 11 is 9.33. The van der Waals surface area contributed by atoms with E-state index in [1.54, 1.807) is 10.8 Å². The number of nitrogens with zero attached hydrogens (tertiary/aromatic N) is 2. The van der Waals surface area contributed by atoms with Gasteiger partial charge in [0.25, 0.3) is 5.56 Å². The molecule has 1 heterocycles. The fourth-order valence-electron chi connectivity index (χ4n) is 2.52. The van der Waals surface area contributed by atoms with Crippen LogP contribution in [0.2, 0.25) is 5.02 Å². The van der Waals surface area contributed by atoms with Crippen LogP contribution in [0.1, 0.15) is 25.1 Å². The largest absolute Gasteiger partial charge is 0.291 e. The van der Waals surface area contributed by atoms with Crippen molar-refractivity contribution in [2.75, 3.05) is 6.54 Å². The van der Waals surface area contributed by atoms with Crippen molar-refractivity contribution < 1.29 is 0 Å². The first-order valence-corrected chi connectivity index (χ1v) is 7.83. The van der Waals surface area contributed by atoms with Crippen LogP contribution in [-0.2, 0) is 5.66 Å². The number of hydrogen-bond donors (Lipinski definition) is 1. The number of benzene rings is 1. The van der Waals surface area contributed by atoms with Crippen molar-refractivity contribution >= 4 is 27.5 Å². The van der Waals surface area contributed by atoms with E-state index in [2.05, 4.69) is 26.2 Å². The third-order valence-corrected chi connectivity index (χ3v) is 4.23. The van der Waals surface area contributed by atoms with Crippen molar-refractivity contribution in [1.82, 2.24) is 14.9 Å². The lowest BCUT2D eigenvalue weighted by Crippen LogP contribution is -2.51. The van der Waals surface area contributed by atoms with Crippen molar-refractivity contribution in [2.45, 2.75) is 26.4 Å². The molecule has 1 aromatic heterocycles. The SMILES string of the molecule is CCNC(C)(c1cccc(Cl)c1)n1c(C)cnc(Br)c1=O. The highest BCUT2D eigenvalue weighted by atomic mass is 79.9. The Hall–Kier alpha value is -1.17. The van der Waals surface area contributed by atoms with Crippen LogP contribution >= 0.6 is 27.5 Å². The molecule has 0 saturated carbocycles. The Morgan fingerprint density at radius 2 is 2.19 bits per heavy atom. The molecule has 0 fully saturated rings. The summed E-state index contributed by atoms with van der Waals surface area (Å²) in [5.41, 5.74) is 0.803. The van der Waals surface area contributed by atoms with Gasteiger partial charge in [0.1, 0.15) is 5.66 Å². The second-order valence-electron chi connectivity index (χ2n) is 4.94. The quantitative estimate of drug-likeness (QED) is 0.898. The fraction of sp³-hybridized carbons (Fsp3) is 0.333. The lowest BCUT2D eigenvalue weighted by molar-refractivity contribution is 0.296. The van der Waals surface area contributed by atoms with E-state index in [0.29, 0.717) is 16.2 Å². The third-order valence-electron chi connectivity index (χ3n) is 3.45. The lowest BCUT2D eigenvalue weighted by Gasteiger charge is -2.35. The average Bonchev–Trinajstić information content (AvgIpc) is 2.44. The summed E-state index contributed by atoms with van der Waals surface area (Å²) in [7, 11) is 0. The van der Waals surface area contributed by atoms with Crippen molar-refractivity contribution in [3.63, 3.8) is 0 Å². The molecule has 0 saturated heterocycles. The summed E-state index contributed by atoms with van der Waals surface area (Å²) in [4.78, 5) is 16.6. The Kier molecular flexibility index (Phi) is 4.86. The molecule has 0 aliphatic rings. The van der Waals surface area contributed by atoms with Crippen LogP contribution in [-0.4, -0.2) is 16.1 Å². The molecule has 1 atom stereocenters. The Labute approximate surface area is 137 Å². The van der Waals surface area contributed by atoms with Gasteiger partial charge < -0.3 is 0 Å². The molecular formula is C15H17BrClN3O. The Bertz CT molecular complexity index is 716. The number of aromatic nitrogens is 2. The zero-order chi connectivity index (χ0) is 15.6. The minimum absolute atomic E-state index is 0.182. The smallest absolute Gasteiger partial charge is 0.285 e. The average molecular weight is 371 g/mol. The molecule has 1 unspecified atom stereocenters. The van der Waals surface area contributed by atoms with Gasteiger partial charge in [0.15, 0.2) is 4.60 Å². The van der Waals surface area contributed by atoms with E-state index in [-0.39, 0.29) is 5.56 Å². The second-order valence-corrected chi connectivity index (χ2v) is 6.13. The van der Waals surface area contributed by atoms with E-state index < -0.39 is 5.66 Å². The molecule has 0 aliphatic carbocycles. The highest BCUT2D eigenvalue weighted by Gasteiger charge is 2.31. The zero-order valence-electron chi connectivity index (χ0n) is 12.2. The number of nitrogens with one attached hydrogen (secondary N) is 1. The summed E-state index contributed by atoms with van der Waals surface area (Å²) < 4.78 is 1.98. The molecule has 2 rings (SSSR count). The lowest BCUT2D eigenvalue weighted by atomic mass is 10.00. The molecule has 0 amide bonds. The van der Waals surface area contributed by atoms with Crippen LogP contribution in [0.5, 0.6) is 0 Å². The normalized spacial score (nSPS) is 14.0. The maximum Gasteiger partial charge on any atom is 0.285 e. The van der Waals surface area contributed by atoms with Gasteiger partial charge in [-0.3, -0.25) is 14.7 Å². The van der Waals surface area contributed by atoms with Gasteiger partial charge in [0.05, 0.1) is 0 Å². The van der Waals surface area contributed by atoms with Crippen LogP contribution < -0.4 is 10.9 Å². The van der Waals surface area contributed by atoms with E-state index in [4.69, 9.17) is 11.6 Å². The number of hydrogen-bond acceptors (Lipinski definition) is 3. The predicted molar refractivity (Wildman–Crippen MR) is 88.8 cm³/mol. The molecule has 2 aromatic rings. The number of rotatable bonds is 4. The molecule has 1 N–H and O–H groups in total. The second kappa shape index (κ2) is 6.30. The molecule has 112 valence electrons. The van der Waals surface area contributed by atoms with Crippen LogP contribution in [0.15, 0.2) is 39.9 Å². The molecule has 21 heavy (non-hydrogen) atoms. The monoisotopic (exact) mass is 369 g/mol. The van der Waals surface area contributed by atoms with E-state index in [1.165, 1.54) is 0 Å². The summed E-state index contributed by atoms with van der Waals surface area (Å²) in [6.07, 6.45) is 1.67. The molecule has 0 aliphatic heterocycles. The Morgan fingerprint density at radius 3 is 2.81 bits per heavy atom. The zero-order valence-corrected chi connectivity index (χ0v) is 14.5. The molecule has 6 heteroatoms. The van der Waals surface area contributed by atoms with Crippen LogP contribution in [0, 0.1) is 6.92 Å². The van der Waals surface area contributed by atoms with Gasteiger partial charge in [-0.2, -0.15) is 0 Å². The van der Waals surface area contributed by atoms with Gasteiger partial charge in [-0.1, -0.05) is 30.7 Å². The Balaban J connectivity index is 2.75. The number of aryl methyl sites for hydroxylation is 1. The maximum absolute atomic E-state index is 12.5. The molecule has 1 aromatic carbocycles. The standard InChI is InChI=1S/C15H17BrClN3O/c1-4-19-15(3,11-6-5-7-12(17)8-11)20-10(2)9-18-13(16)14(20)21/h5-9,19H,4H2,1-3H3. The van der Waals surface area contributed by atoms with Gasteiger partial charge in [-0.05, 0) is 54.0 Å². The van der Waals surface area contributed by atoms with Gasteiger partial charge in [-0.15, -0.1) is 0 Å². The molecule has 0 bridgehead atoms. The van der Waals surface area contributed by atoms with Crippen molar-refractivity contribution in [1.29, 1.82) is 0 Å². The third kappa shape index (κ3) is 3.05. The summed E-state index contributed by atoms with van der Waals surface area (Å²) in [5.74, 6) is 0. The minimum Gasteiger partial charge on any atom is -0.291 e. The van der Waals surface area contributed by atoms with E-state index in [0.717, 1.165) is 11.3 Å². The first kappa shape index (κ1) is 16.2. The van der Waals surface area contributed by atoms with Gasteiger partial charge >= 0.3 is 0 Å². The first-order valence-electron chi connectivity index (χ1n) is 6.66. The van der Waals surface area contributed by atoms with Gasteiger partial charge in [0.2, 0.25) is 0 Å². The van der Waals surface area contributed by atoms with Crippen molar-refractivity contribution in [3.8, 4) is 0 Å². The first-order chi connectivity index (χ1) is 9.90. The van der Waals surface area contributed by atoms with E-state index in [9.17, 15) is 4.79 Å². The van der Waals surface area contributed by atoms with Crippen LogP contribution in [0.25, 0.3) is 0 Å². The summed E-state index contributed by atoms with van der Waals surface area (Å²) in [6, 6.07) is 7.51. The molecular weight excluding hydrogens is 354 g/mol. The van der Waals surface area contributed by atoms with Crippen LogP contribution in [0.4, 0.5) is 0 Å². The van der Waals surface area contributed by atoms with Crippen molar-refractivity contribution in [2.24, 2.45) is 0 Å². The Morgan fingerprint density at radius 1 is 1.48 bits per heavy atom. The summed E-state index contributed by atoms with van der Waals surface area (Å²) in [5, 5.41) is 4.02. The van der Waals surface area contributed by atoms with Gasteiger partial charge in [0, 0.05) is 16.9 Å². The highest BCUT2D eigenvalue weighted by Crippen LogP contribution is 2.25. The topological polar surface area (TPSA) is 46.9 Å². The maximum atomic E-state index is 12.5. The molecule has 4 nitrogen and oxygen atoms in total. The summed E-state index contributed by atoms with van der Waals surface area (Å²) in [6.45, 7) is 6.53. The van der Waals surface area contributed by atoms with E-state index in [1.807, 2.05) is 45.0 Å². The minimum atomic E-state index is -0.702. The number of halogens is 2. The fourth-order valence-corrected chi connectivity index (χ4v) is 2.99. The molecule has 0 radical (unpaired) electrons. The van der Waals surface area contributed by atoms with Crippen LogP contribution in [0.3, 0.4) is 0 Å². The highest BCUT2D eigenvalue weighted by molar-refractivity contribution is 9.10. The predicted octanol–water partition coefficient (Wildman–Crippen LogP) is 3.30. The van der Waals surface area contributed by atoms with Gasteiger partial charge in [-0.25, -0.2) is 4.98 Å². The van der Waals surface area contributed by atoms with Crippen molar-refractivity contribution in [3.05, 3.63) is 61.7 Å².